The van der Waals surface area contributed by atoms with Gasteiger partial charge in [0.05, 0.1) is 29.8 Å². The lowest BCUT2D eigenvalue weighted by atomic mass is 10.1. The highest BCUT2D eigenvalue weighted by Gasteiger charge is 2.19. The molecule has 1 atom stereocenters. The third kappa shape index (κ3) is 3.00. The molecule has 0 radical (unpaired) electrons. The molecule has 1 aliphatic heterocycles. The van der Waals surface area contributed by atoms with Gasteiger partial charge in [-0.15, -0.1) is 0 Å². The van der Waals surface area contributed by atoms with Crippen LogP contribution in [-0.4, -0.2) is 36.4 Å². The van der Waals surface area contributed by atoms with Crippen molar-refractivity contribution in [2.45, 2.75) is 38.4 Å². The minimum atomic E-state index is -0.446. The van der Waals surface area contributed by atoms with Crippen molar-refractivity contribution in [3.63, 3.8) is 0 Å². The largest absolute Gasteiger partial charge is 0.387 e. The Kier molecular flexibility index (Phi) is 4.55. The number of aromatic nitrogens is 1. The first-order valence-electron chi connectivity index (χ1n) is 6.66. The zero-order chi connectivity index (χ0) is 13.0. The molecule has 4 heteroatoms. The van der Waals surface area contributed by atoms with Crippen LogP contribution >= 0.6 is 0 Å². The molecule has 0 spiro atoms. The Labute approximate surface area is 109 Å². The fraction of sp³-hybridized carbons (Fsp3) is 0.643. The third-order valence-corrected chi connectivity index (χ3v) is 3.64. The molecule has 1 aliphatic rings. The van der Waals surface area contributed by atoms with Crippen LogP contribution in [-0.2, 0) is 4.74 Å². The van der Waals surface area contributed by atoms with E-state index in [2.05, 4.69) is 9.88 Å². The summed E-state index contributed by atoms with van der Waals surface area (Å²) in [5.41, 5.74) is 1.89. The second-order valence-corrected chi connectivity index (χ2v) is 4.79. The van der Waals surface area contributed by atoms with Gasteiger partial charge in [-0.25, -0.2) is 0 Å². The number of piperidine rings is 1. The SMILES string of the molecule is CC[C@H](O)c1ccc(N2CCC(OC)CC2)cn1. The molecule has 0 unspecified atom stereocenters. The number of pyridine rings is 1. The van der Waals surface area contributed by atoms with Crippen molar-refractivity contribution in [3.8, 4) is 0 Å². The Bertz CT molecular complexity index is 359. The molecule has 1 fully saturated rings. The number of hydrogen-bond acceptors (Lipinski definition) is 4. The van der Waals surface area contributed by atoms with Gasteiger partial charge in [0.25, 0.3) is 0 Å². The fourth-order valence-corrected chi connectivity index (χ4v) is 2.34. The van der Waals surface area contributed by atoms with Crippen LogP contribution < -0.4 is 4.90 Å². The lowest BCUT2D eigenvalue weighted by Gasteiger charge is -2.32. The van der Waals surface area contributed by atoms with Gasteiger partial charge in [0.15, 0.2) is 0 Å². The van der Waals surface area contributed by atoms with Crippen molar-refractivity contribution in [2.75, 3.05) is 25.1 Å². The summed E-state index contributed by atoms with van der Waals surface area (Å²) in [6.07, 6.45) is 4.65. The first kappa shape index (κ1) is 13.3. The molecule has 0 saturated carbocycles. The summed E-state index contributed by atoms with van der Waals surface area (Å²) in [6, 6.07) is 3.97. The van der Waals surface area contributed by atoms with E-state index in [-0.39, 0.29) is 0 Å². The highest BCUT2D eigenvalue weighted by atomic mass is 16.5. The van der Waals surface area contributed by atoms with E-state index in [1.54, 1.807) is 7.11 Å². The molecule has 2 heterocycles. The maximum Gasteiger partial charge on any atom is 0.0957 e. The molecule has 18 heavy (non-hydrogen) atoms. The van der Waals surface area contributed by atoms with Crippen molar-refractivity contribution in [1.29, 1.82) is 0 Å². The number of aliphatic hydroxyl groups is 1. The third-order valence-electron chi connectivity index (χ3n) is 3.64. The number of ether oxygens (including phenoxy) is 1. The molecule has 1 aromatic rings. The van der Waals surface area contributed by atoms with Crippen LogP contribution in [0.15, 0.2) is 18.3 Å². The van der Waals surface area contributed by atoms with E-state index < -0.39 is 6.10 Å². The summed E-state index contributed by atoms with van der Waals surface area (Å²) in [5.74, 6) is 0. The van der Waals surface area contributed by atoms with Crippen LogP contribution in [0, 0.1) is 0 Å². The van der Waals surface area contributed by atoms with Gasteiger partial charge in [0.2, 0.25) is 0 Å². The standard InChI is InChI=1S/C14H22N2O2/c1-3-14(17)13-5-4-11(10-15-13)16-8-6-12(18-2)7-9-16/h4-5,10,12,14,17H,3,6-9H2,1-2H3/t14-/m0/s1. The molecule has 2 rings (SSSR count). The smallest absolute Gasteiger partial charge is 0.0957 e. The first-order valence-corrected chi connectivity index (χ1v) is 6.66. The summed E-state index contributed by atoms with van der Waals surface area (Å²) in [7, 11) is 1.78. The summed E-state index contributed by atoms with van der Waals surface area (Å²) in [4.78, 5) is 6.66. The van der Waals surface area contributed by atoms with Crippen molar-refractivity contribution in [1.82, 2.24) is 4.98 Å². The summed E-state index contributed by atoms with van der Waals surface area (Å²) < 4.78 is 5.37. The molecule has 1 N–H and O–H groups in total. The van der Waals surface area contributed by atoms with Crippen molar-refractivity contribution in [2.24, 2.45) is 0 Å². The fourth-order valence-electron chi connectivity index (χ4n) is 2.34. The van der Waals surface area contributed by atoms with E-state index >= 15 is 0 Å². The van der Waals surface area contributed by atoms with Gasteiger partial charge in [-0.2, -0.15) is 0 Å². The van der Waals surface area contributed by atoms with Crippen molar-refractivity contribution < 1.29 is 9.84 Å². The van der Waals surface area contributed by atoms with E-state index in [1.807, 2.05) is 25.3 Å². The number of rotatable bonds is 4. The maximum atomic E-state index is 9.70. The van der Waals surface area contributed by atoms with Crippen LogP contribution in [0.2, 0.25) is 0 Å². The second kappa shape index (κ2) is 6.16. The number of hydrogen-bond donors (Lipinski definition) is 1. The van der Waals surface area contributed by atoms with Crippen LogP contribution in [0.5, 0.6) is 0 Å². The zero-order valence-corrected chi connectivity index (χ0v) is 11.2. The number of aliphatic hydroxyl groups excluding tert-OH is 1. The van der Waals surface area contributed by atoms with E-state index in [1.165, 1.54) is 0 Å². The predicted octanol–water partition coefficient (Wildman–Crippen LogP) is 2.14. The molecule has 0 bridgehead atoms. The minimum absolute atomic E-state index is 0.399. The predicted molar refractivity (Wildman–Crippen MR) is 71.7 cm³/mol. The van der Waals surface area contributed by atoms with Gasteiger partial charge in [0.1, 0.15) is 0 Å². The molecule has 1 aromatic heterocycles. The molecular weight excluding hydrogens is 228 g/mol. The van der Waals surface area contributed by atoms with Gasteiger partial charge < -0.3 is 14.7 Å². The lowest BCUT2D eigenvalue weighted by molar-refractivity contribution is 0.0819. The van der Waals surface area contributed by atoms with Crippen LogP contribution in [0.25, 0.3) is 0 Å². The van der Waals surface area contributed by atoms with Crippen molar-refractivity contribution >= 4 is 5.69 Å². The normalized spacial score (nSPS) is 18.9. The Morgan fingerprint density at radius 1 is 1.44 bits per heavy atom. The monoisotopic (exact) mass is 250 g/mol. The number of methoxy groups -OCH3 is 1. The van der Waals surface area contributed by atoms with Crippen LogP contribution in [0.3, 0.4) is 0 Å². The van der Waals surface area contributed by atoms with Crippen LogP contribution in [0.1, 0.15) is 38.0 Å². The molecular formula is C14H22N2O2. The number of anilines is 1. The van der Waals surface area contributed by atoms with Gasteiger partial charge in [-0.3, -0.25) is 4.98 Å². The second-order valence-electron chi connectivity index (χ2n) is 4.79. The summed E-state index contributed by atoms with van der Waals surface area (Å²) in [5, 5.41) is 9.70. The van der Waals surface area contributed by atoms with Gasteiger partial charge >= 0.3 is 0 Å². The Balaban J connectivity index is 1.98. The van der Waals surface area contributed by atoms with Crippen LogP contribution in [0.4, 0.5) is 5.69 Å². The average molecular weight is 250 g/mol. The Hall–Kier alpha value is -1.13. The Morgan fingerprint density at radius 2 is 2.17 bits per heavy atom. The molecule has 4 nitrogen and oxygen atoms in total. The molecule has 0 aliphatic carbocycles. The van der Waals surface area contributed by atoms with Crippen molar-refractivity contribution in [3.05, 3.63) is 24.0 Å². The Morgan fingerprint density at radius 3 is 2.67 bits per heavy atom. The average Bonchev–Trinajstić information content (AvgIpc) is 2.47. The van der Waals surface area contributed by atoms with Gasteiger partial charge in [-0.05, 0) is 31.4 Å². The molecule has 100 valence electrons. The quantitative estimate of drug-likeness (QED) is 0.889. The summed E-state index contributed by atoms with van der Waals surface area (Å²) in [6.45, 7) is 3.97. The van der Waals surface area contributed by atoms with E-state index in [0.717, 1.165) is 37.3 Å². The van der Waals surface area contributed by atoms with E-state index in [9.17, 15) is 5.11 Å². The molecule has 0 aromatic carbocycles. The van der Waals surface area contributed by atoms with E-state index in [0.29, 0.717) is 12.5 Å². The summed E-state index contributed by atoms with van der Waals surface area (Å²) >= 11 is 0. The van der Waals surface area contributed by atoms with Gasteiger partial charge in [0, 0.05) is 20.2 Å². The molecule has 1 saturated heterocycles. The highest BCUT2D eigenvalue weighted by molar-refractivity contribution is 5.45. The number of nitrogens with zero attached hydrogens (tertiary/aromatic N) is 2. The molecule has 0 amide bonds. The maximum absolute atomic E-state index is 9.70. The minimum Gasteiger partial charge on any atom is -0.387 e. The lowest BCUT2D eigenvalue weighted by Crippen LogP contribution is -2.36. The topological polar surface area (TPSA) is 45.6 Å². The highest BCUT2D eigenvalue weighted by Crippen LogP contribution is 2.22. The van der Waals surface area contributed by atoms with E-state index in [4.69, 9.17) is 4.74 Å². The van der Waals surface area contributed by atoms with Gasteiger partial charge in [-0.1, -0.05) is 6.92 Å². The first-order chi connectivity index (χ1) is 8.74. The zero-order valence-electron chi connectivity index (χ0n) is 11.2.